The Morgan fingerprint density at radius 3 is 2.52 bits per heavy atom. The molecule has 2 heterocycles. The molecule has 25 heavy (non-hydrogen) atoms. The minimum absolute atomic E-state index is 0.104. The Hall–Kier alpha value is -1.75. The molecule has 3 rings (SSSR count). The van der Waals surface area contributed by atoms with Crippen molar-refractivity contribution in [3.8, 4) is 0 Å². The summed E-state index contributed by atoms with van der Waals surface area (Å²) in [6.07, 6.45) is 4.92. The van der Waals surface area contributed by atoms with Crippen LogP contribution in [0.25, 0.3) is 0 Å². The molecule has 2 aliphatic rings. The van der Waals surface area contributed by atoms with Gasteiger partial charge in [-0.25, -0.2) is 4.79 Å². The number of halogens is 1. The molecule has 2 fully saturated rings. The summed E-state index contributed by atoms with van der Waals surface area (Å²) < 4.78 is 0. The second kappa shape index (κ2) is 7.65. The maximum absolute atomic E-state index is 12.8. The molecule has 0 unspecified atom stereocenters. The smallest absolute Gasteiger partial charge is 0.322 e. The summed E-state index contributed by atoms with van der Waals surface area (Å²) in [5, 5.41) is 3.61. The molecule has 0 saturated carbocycles. The Morgan fingerprint density at radius 1 is 1.08 bits per heavy atom. The first-order chi connectivity index (χ1) is 12.0. The Balaban J connectivity index is 1.73. The van der Waals surface area contributed by atoms with E-state index in [1.807, 2.05) is 30.9 Å². The van der Waals surface area contributed by atoms with E-state index in [2.05, 4.69) is 5.32 Å². The monoisotopic (exact) mass is 363 g/mol. The van der Waals surface area contributed by atoms with Gasteiger partial charge >= 0.3 is 6.03 Å². The number of likely N-dealkylation sites (tertiary alicyclic amines) is 2. The number of aryl methyl sites for hydroxylation is 1. The lowest BCUT2D eigenvalue weighted by atomic mass is 10.1. The number of urea groups is 1. The molecule has 1 atom stereocenters. The van der Waals surface area contributed by atoms with Crippen molar-refractivity contribution in [2.24, 2.45) is 0 Å². The highest BCUT2D eigenvalue weighted by atomic mass is 35.5. The third-order valence-electron chi connectivity index (χ3n) is 5.31. The Kier molecular flexibility index (Phi) is 5.52. The number of nitrogens with one attached hydrogen (secondary N) is 1. The quantitative estimate of drug-likeness (QED) is 0.864. The van der Waals surface area contributed by atoms with E-state index in [-0.39, 0.29) is 18.0 Å². The third-order valence-corrected chi connectivity index (χ3v) is 5.72. The lowest BCUT2D eigenvalue weighted by Crippen LogP contribution is -2.50. The number of benzene rings is 1. The van der Waals surface area contributed by atoms with Crippen LogP contribution in [-0.2, 0) is 4.79 Å². The number of piperidine rings is 1. The van der Waals surface area contributed by atoms with Crippen LogP contribution in [0.5, 0.6) is 0 Å². The van der Waals surface area contributed by atoms with Crippen LogP contribution in [0.4, 0.5) is 10.5 Å². The molecule has 0 aliphatic carbocycles. The molecule has 6 heteroatoms. The lowest BCUT2D eigenvalue weighted by molar-refractivity contribution is -0.136. The largest absolute Gasteiger partial charge is 0.341 e. The average molecular weight is 364 g/mol. The van der Waals surface area contributed by atoms with Crippen molar-refractivity contribution in [2.75, 3.05) is 25.0 Å². The molecule has 136 valence electrons. The van der Waals surface area contributed by atoms with E-state index in [1.165, 1.54) is 6.42 Å². The average Bonchev–Trinajstić information content (AvgIpc) is 3.12. The van der Waals surface area contributed by atoms with Gasteiger partial charge in [-0.05, 0) is 63.1 Å². The van der Waals surface area contributed by atoms with E-state index >= 15 is 0 Å². The normalized spacial score (nSPS) is 20.7. The van der Waals surface area contributed by atoms with Crippen LogP contribution in [0, 0.1) is 13.8 Å². The number of anilines is 1. The van der Waals surface area contributed by atoms with Gasteiger partial charge < -0.3 is 15.1 Å². The molecular formula is C19H26ClN3O2. The summed E-state index contributed by atoms with van der Waals surface area (Å²) in [5.74, 6) is 0.104. The third kappa shape index (κ3) is 3.76. The van der Waals surface area contributed by atoms with Crippen molar-refractivity contribution in [1.82, 2.24) is 9.80 Å². The fourth-order valence-electron chi connectivity index (χ4n) is 3.78. The van der Waals surface area contributed by atoms with Crippen molar-refractivity contribution in [3.05, 3.63) is 28.3 Å². The Bertz CT molecular complexity index is 671. The van der Waals surface area contributed by atoms with Crippen LogP contribution in [0.3, 0.4) is 0 Å². The number of carbonyl (C=O) groups is 2. The summed E-state index contributed by atoms with van der Waals surface area (Å²) in [6, 6.07) is 3.19. The SMILES string of the molecule is Cc1ccc(Cl)c(C)c1NC(=O)N1CCC[C@H]1C(=O)N1CCCCC1. The molecule has 0 bridgehead atoms. The van der Waals surface area contributed by atoms with Gasteiger partial charge in [0.1, 0.15) is 6.04 Å². The minimum atomic E-state index is -0.335. The maximum Gasteiger partial charge on any atom is 0.322 e. The van der Waals surface area contributed by atoms with Gasteiger partial charge in [0.15, 0.2) is 0 Å². The fourth-order valence-corrected chi connectivity index (χ4v) is 3.94. The number of hydrogen-bond donors (Lipinski definition) is 1. The first kappa shape index (κ1) is 18.1. The van der Waals surface area contributed by atoms with Gasteiger partial charge in [0.2, 0.25) is 5.91 Å². The molecule has 1 aromatic rings. The van der Waals surface area contributed by atoms with E-state index in [0.29, 0.717) is 11.6 Å². The predicted octanol–water partition coefficient (Wildman–Crippen LogP) is 3.97. The number of carbonyl (C=O) groups excluding carboxylic acids is 2. The van der Waals surface area contributed by atoms with Crippen LogP contribution >= 0.6 is 11.6 Å². The summed E-state index contributed by atoms with van der Waals surface area (Å²) in [4.78, 5) is 29.3. The number of nitrogens with zero attached hydrogens (tertiary/aromatic N) is 2. The van der Waals surface area contributed by atoms with E-state index in [9.17, 15) is 9.59 Å². The van der Waals surface area contributed by atoms with Crippen molar-refractivity contribution in [2.45, 2.75) is 52.0 Å². The molecular weight excluding hydrogens is 338 g/mol. The standard InChI is InChI=1S/C19H26ClN3O2/c1-13-8-9-15(20)14(2)17(13)21-19(25)23-12-6-7-16(23)18(24)22-10-4-3-5-11-22/h8-9,16H,3-7,10-12H2,1-2H3,(H,21,25)/t16-/m0/s1. The molecule has 3 amide bonds. The second-order valence-corrected chi connectivity index (χ2v) is 7.44. The molecule has 1 N–H and O–H groups in total. The van der Waals surface area contributed by atoms with Crippen molar-refractivity contribution < 1.29 is 9.59 Å². The first-order valence-corrected chi connectivity index (χ1v) is 9.49. The van der Waals surface area contributed by atoms with Crippen molar-refractivity contribution in [3.63, 3.8) is 0 Å². The minimum Gasteiger partial charge on any atom is -0.341 e. The van der Waals surface area contributed by atoms with Gasteiger partial charge in [0.25, 0.3) is 0 Å². The predicted molar refractivity (Wildman–Crippen MR) is 100 cm³/mol. The van der Waals surface area contributed by atoms with E-state index in [4.69, 9.17) is 11.6 Å². The van der Waals surface area contributed by atoms with E-state index in [0.717, 1.165) is 55.6 Å². The summed E-state index contributed by atoms with van der Waals surface area (Å²) in [5.41, 5.74) is 2.56. The van der Waals surface area contributed by atoms with E-state index < -0.39 is 0 Å². The molecule has 5 nitrogen and oxygen atoms in total. The van der Waals surface area contributed by atoms with Crippen LogP contribution in [0.15, 0.2) is 12.1 Å². The van der Waals surface area contributed by atoms with Gasteiger partial charge in [-0.3, -0.25) is 4.79 Å². The summed E-state index contributed by atoms with van der Waals surface area (Å²) in [7, 11) is 0. The molecule has 0 aromatic heterocycles. The van der Waals surface area contributed by atoms with Gasteiger partial charge in [-0.1, -0.05) is 17.7 Å². The highest BCUT2D eigenvalue weighted by molar-refractivity contribution is 6.31. The van der Waals surface area contributed by atoms with Crippen molar-refractivity contribution in [1.29, 1.82) is 0 Å². The van der Waals surface area contributed by atoms with Gasteiger partial charge in [-0.15, -0.1) is 0 Å². The molecule has 2 aliphatic heterocycles. The molecule has 0 radical (unpaired) electrons. The van der Waals surface area contributed by atoms with Crippen LogP contribution in [0.2, 0.25) is 5.02 Å². The molecule has 2 saturated heterocycles. The summed E-state index contributed by atoms with van der Waals surface area (Å²) in [6.45, 7) is 6.09. The number of rotatable bonds is 2. The van der Waals surface area contributed by atoms with Crippen molar-refractivity contribution >= 4 is 29.2 Å². The maximum atomic E-state index is 12.8. The van der Waals surface area contributed by atoms with E-state index in [1.54, 1.807) is 4.90 Å². The number of amides is 3. The zero-order valence-corrected chi connectivity index (χ0v) is 15.7. The zero-order chi connectivity index (χ0) is 18.0. The molecule has 1 aromatic carbocycles. The van der Waals surface area contributed by atoms with Crippen LogP contribution < -0.4 is 5.32 Å². The van der Waals surface area contributed by atoms with Crippen LogP contribution in [0.1, 0.15) is 43.2 Å². The second-order valence-electron chi connectivity index (χ2n) is 7.03. The molecule has 0 spiro atoms. The van der Waals surface area contributed by atoms with Gasteiger partial charge in [0, 0.05) is 30.3 Å². The zero-order valence-electron chi connectivity index (χ0n) is 15.0. The van der Waals surface area contributed by atoms with Gasteiger partial charge in [-0.2, -0.15) is 0 Å². The lowest BCUT2D eigenvalue weighted by Gasteiger charge is -2.32. The topological polar surface area (TPSA) is 52.7 Å². The fraction of sp³-hybridized carbons (Fsp3) is 0.579. The highest BCUT2D eigenvalue weighted by Gasteiger charge is 2.37. The van der Waals surface area contributed by atoms with Gasteiger partial charge in [0.05, 0.1) is 0 Å². The Morgan fingerprint density at radius 2 is 1.80 bits per heavy atom. The first-order valence-electron chi connectivity index (χ1n) is 9.11. The Labute approximate surface area is 154 Å². The number of hydrogen-bond acceptors (Lipinski definition) is 2. The highest BCUT2D eigenvalue weighted by Crippen LogP contribution is 2.28. The van der Waals surface area contributed by atoms with Crippen LogP contribution in [-0.4, -0.2) is 47.4 Å². The summed E-state index contributed by atoms with van der Waals surface area (Å²) >= 11 is 6.18.